The summed E-state index contributed by atoms with van der Waals surface area (Å²) in [6.07, 6.45) is 4.75. The second-order valence-corrected chi connectivity index (χ2v) is 5.93. The van der Waals surface area contributed by atoms with Crippen LogP contribution in [0.1, 0.15) is 31.7 Å². The van der Waals surface area contributed by atoms with Gasteiger partial charge in [0, 0.05) is 6.04 Å². The molecule has 1 aliphatic rings. The predicted octanol–water partition coefficient (Wildman–Crippen LogP) is 4.05. The Morgan fingerprint density at radius 1 is 1.44 bits per heavy atom. The zero-order valence-corrected chi connectivity index (χ0v) is 11.8. The van der Waals surface area contributed by atoms with Crippen LogP contribution in [0.15, 0.2) is 18.2 Å². The minimum absolute atomic E-state index is 0.203. The number of likely N-dealkylation sites (N-methyl/N-ethyl adjacent to an activating group) is 1. The SMILES string of the molecule is CNC(Cc1ccc(Cl)c(F)c1)C1CCC(C)C1. The van der Waals surface area contributed by atoms with Gasteiger partial charge in [-0.1, -0.05) is 31.0 Å². The van der Waals surface area contributed by atoms with Crippen molar-refractivity contribution < 1.29 is 4.39 Å². The first kappa shape index (κ1) is 13.8. The van der Waals surface area contributed by atoms with Crippen LogP contribution in [0.3, 0.4) is 0 Å². The lowest BCUT2D eigenvalue weighted by molar-refractivity contribution is 0.367. The van der Waals surface area contributed by atoms with E-state index in [1.54, 1.807) is 12.1 Å². The monoisotopic (exact) mass is 269 g/mol. The van der Waals surface area contributed by atoms with Crippen LogP contribution in [0.5, 0.6) is 0 Å². The molecule has 0 saturated heterocycles. The Bertz CT molecular complexity index is 407. The number of halogens is 2. The first-order valence-corrected chi connectivity index (χ1v) is 7.09. The summed E-state index contributed by atoms with van der Waals surface area (Å²) in [7, 11) is 2.00. The van der Waals surface area contributed by atoms with Gasteiger partial charge in [0.15, 0.2) is 0 Å². The number of hydrogen-bond donors (Lipinski definition) is 1. The number of hydrogen-bond acceptors (Lipinski definition) is 1. The summed E-state index contributed by atoms with van der Waals surface area (Å²) in [4.78, 5) is 0. The van der Waals surface area contributed by atoms with Gasteiger partial charge in [0.05, 0.1) is 5.02 Å². The molecule has 1 aromatic rings. The lowest BCUT2D eigenvalue weighted by Gasteiger charge is -2.23. The average Bonchev–Trinajstić information content (AvgIpc) is 2.77. The van der Waals surface area contributed by atoms with Gasteiger partial charge in [-0.05, 0) is 55.8 Å². The van der Waals surface area contributed by atoms with Gasteiger partial charge in [-0.25, -0.2) is 4.39 Å². The van der Waals surface area contributed by atoms with Crippen LogP contribution in [-0.2, 0) is 6.42 Å². The lowest BCUT2D eigenvalue weighted by Crippen LogP contribution is -2.34. The summed E-state index contributed by atoms with van der Waals surface area (Å²) in [5.74, 6) is 1.22. The average molecular weight is 270 g/mol. The van der Waals surface area contributed by atoms with Gasteiger partial charge in [0.1, 0.15) is 5.82 Å². The van der Waals surface area contributed by atoms with Crippen LogP contribution >= 0.6 is 11.6 Å². The highest BCUT2D eigenvalue weighted by Crippen LogP contribution is 2.33. The van der Waals surface area contributed by atoms with E-state index in [0.29, 0.717) is 12.0 Å². The van der Waals surface area contributed by atoms with E-state index in [0.717, 1.165) is 17.9 Å². The fourth-order valence-electron chi connectivity index (χ4n) is 3.04. The molecule has 1 fully saturated rings. The summed E-state index contributed by atoms with van der Waals surface area (Å²) >= 11 is 5.71. The summed E-state index contributed by atoms with van der Waals surface area (Å²) < 4.78 is 13.4. The first-order chi connectivity index (χ1) is 8.60. The van der Waals surface area contributed by atoms with Crippen LogP contribution in [-0.4, -0.2) is 13.1 Å². The molecule has 0 aromatic heterocycles. The Kier molecular flexibility index (Phi) is 4.63. The molecule has 1 nitrogen and oxygen atoms in total. The van der Waals surface area contributed by atoms with Gasteiger partial charge in [-0.2, -0.15) is 0 Å². The van der Waals surface area contributed by atoms with E-state index in [1.807, 2.05) is 13.1 Å². The molecule has 2 rings (SSSR count). The van der Waals surface area contributed by atoms with Crippen molar-refractivity contribution in [1.82, 2.24) is 5.32 Å². The standard InChI is InChI=1S/C15H21ClFN/c1-10-3-5-12(7-10)15(18-2)9-11-4-6-13(16)14(17)8-11/h4,6,8,10,12,15,18H,3,5,7,9H2,1-2H3. The Labute approximate surface area is 114 Å². The van der Waals surface area contributed by atoms with Crippen molar-refractivity contribution in [2.45, 2.75) is 38.6 Å². The molecule has 0 bridgehead atoms. The predicted molar refractivity (Wildman–Crippen MR) is 74.5 cm³/mol. The molecule has 1 saturated carbocycles. The fraction of sp³-hybridized carbons (Fsp3) is 0.600. The quantitative estimate of drug-likeness (QED) is 0.870. The topological polar surface area (TPSA) is 12.0 Å². The number of nitrogens with one attached hydrogen (secondary N) is 1. The van der Waals surface area contributed by atoms with Gasteiger partial charge in [-0.15, -0.1) is 0 Å². The molecule has 1 N–H and O–H groups in total. The second kappa shape index (κ2) is 6.03. The van der Waals surface area contributed by atoms with Crippen molar-refractivity contribution in [3.05, 3.63) is 34.6 Å². The Morgan fingerprint density at radius 2 is 2.22 bits per heavy atom. The van der Waals surface area contributed by atoms with E-state index in [-0.39, 0.29) is 10.8 Å². The van der Waals surface area contributed by atoms with E-state index in [2.05, 4.69) is 12.2 Å². The molecule has 0 amide bonds. The molecular formula is C15H21ClFN. The maximum Gasteiger partial charge on any atom is 0.142 e. The summed E-state index contributed by atoms with van der Waals surface area (Å²) in [5, 5.41) is 3.59. The molecule has 3 unspecified atom stereocenters. The second-order valence-electron chi connectivity index (χ2n) is 5.53. The first-order valence-electron chi connectivity index (χ1n) is 6.71. The van der Waals surface area contributed by atoms with Crippen LogP contribution in [0, 0.1) is 17.7 Å². The maximum absolute atomic E-state index is 13.4. The van der Waals surface area contributed by atoms with E-state index >= 15 is 0 Å². The van der Waals surface area contributed by atoms with Gasteiger partial charge in [-0.3, -0.25) is 0 Å². The minimum atomic E-state index is -0.316. The summed E-state index contributed by atoms with van der Waals surface area (Å²) in [6.45, 7) is 2.31. The molecule has 1 aliphatic carbocycles. The third-order valence-corrected chi connectivity index (χ3v) is 4.42. The van der Waals surface area contributed by atoms with Gasteiger partial charge < -0.3 is 5.32 Å². The van der Waals surface area contributed by atoms with Crippen molar-refractivity contribution in [3.63, 3.8) is 0 Å². The van der Waals surface area contributed by atoms with Crippen LogP contribution in [0.25, 0.3) is 0 Å². The van der Waals surface area contributed by atoms with Crippen LogP contribution in [0.4, 0.5) is 4.39 Å². The number of rotatable bonds is 4. The van der Waals surface area contributed by atoms with Crippen molar-refractivity contribution >= 4 is 11.6 Å². The lowest BCUT2D eigenvalue weighted by atomic mass is 9.91. The summed E-state index contributed by atoms with van der Waals surface area (Å²) in [6, 6.07) is 5.57. The molecule has 0 radical (unpaired) electrons. The zero-order chi connectivity index (χ0) is 13.1. The van der Waals surface area contributed by atoms with Crippen LogP contribution < -0.4 is 5.32 Å². The third kappa shape index (κ3) is 3.24. The van der Waals surface area contributed by atoms with E-state index in [9.17, 15) is 4.39 Å². The third-order valence-electron chi connectivity index (χ3n) is 4.11. The fourth-order valence-corrected chi connectivity index (χ4v) is 3.16. The van der Waals surface area contributed by atoms with E-state index in [4.69, 9.17) is 11.6 Å². The van der Waals surface area contributed by atoms with E-state index < -0.39 is 0 Å². The molecule has 0 spiro atoms. The molecule has 0 heterocycles. The van der Waals surface area contributed by atoms with Crippen molar-refractivity contribution in [2.24, 2.45) is 11.8 Å². The maximum atomic E-state index is 13.4. The molecule has 3 heteroatoms. The molecule has 18 heavy (non-hydrogen) atoms. The Hall–Kier alpha value is -0.600. The van der Waals surface area contributed by atoms with E-state index in [1.165, 1.54) is 19.3 Å². The molecule has 3 atom stereocenters. The summed E-state index contributed by atoms with van der Waals surface area (Å²) in [5.41, 5.74) is 1.02. The Morgan fingerprint density at radius 3 is 2.78 bits per heavy atom. The highest BCUT2D eigenvalue weighted by atomic mass is 35.5. The zero-order valence-electron chi connectivity index (χ0n) is 11.0. The molecule has 100 valence electrons. The van der Waals surface area contributed by atoms with Gasteiger partial charge >= 0.3 is 0 Å². The minimum Gasteiger partial charge on any atom is -0.316 e. The molecule has 0 aliphatic heterocycles. The van der Waals surface area contributed by atoms with Gasteiger partial charge in [0.25, 0.3) is 0 Å². The Balaban J connectivity index is 2.03. The highest BCUT2D eigenvalue weighted by Gasteiger charge is 2.27. The van der Waals surface area contributed by atoms with Crippen molar-refractivity contribution in [2.75, 3.05) is 7.05 Å². The molecule has 1 aromatic carbocycles. The van der Waals surface area contributed by atoms with Gasteiger partial charge in [0.2, 0.25) is 0 Å². The van der Waals surface area contributed by atoms with Crippen LogP contribution in [0.2, 0.25) is 5.02 Å². The normalized spacial score (nSPS) is 25.3. The highest BCUT2D eigenvalue weighted by molar-refractivity contribution is 6.30. The largest absolute Gasteiger partial charge is 0.316 e. The number of benzene rings is 1. The molecular weight excluding hydrogens is 249 g/mol. The smallest absolute Gasteiger partial charge is 0.142 e. The van der Waals surface area contributed by atoms with Crippen molar-refractivity contribution in [1.29, 1.82) is 0 Å². The van der Waals surface area contributed by atoms with Crippen molar-refractivity contribution in [3.8, 4) is 0 Å².